The van der Waals surface area contributed by atoms with Gasteiger partial charge in [0.15, 0.2) is 0 Å². The summed E-state index contributed by atoms with van der Waals surface area (Å²) in [4.78, 5) is 0. The van der Waals surface area contributed by atoms with Crippen LogP contribution in [0.1, 0.15) is 26.2 Å². The second-order valence-electron chi connectivity index (χ2n) is 3.92. The first kappa shape index (κ1) is 10.0. The topological polar surface area (TPSA) is 21.3 Å². The quantitative estimate of drug-likeness (QED) is 0.694. The van der Waals surface area contributed by atoms with Crippen LogP contribution in [-0.2, 0) is 4.74 Å². The maximum atomic E-state index is 5.18. The van der Waals surface area contributed by atoms with Crippen molar-refractivity contribution >= 4 is 0 Å². The highest BCUT2D eigenvalue weighted by molar-refractivity contribution is 4.85. The second-order valence-corrected chi connectivity index (χ2v) is 3.92. The monoisotopic (exact) mass is 171 g/mol. The molecule has 0 aliphatic heterocycles. The summed E-state index contributed by atoms with van der Waals surface area (Å²) in [5.74, 6) is 1.53. The largest absolute Gasteiger partial charge is 0.384 e. The zero-order valence-corrected chi connectivity index (χ0v) is 8.47. The third-order valence-corrected chi connectivity index (χ3v) is 3.10. The molecule has 1 aliphatic rings. The van der Waals surface area contributed by atoms with Crippen molar-refractivity contribution in [2.75, 3.05) is 20.8 Å². The molecule has 72 valence electrons. The van der Waals surface area contributed by atoms with Gasteiger partial charge in [0, 0.05) is 19.8 Å². The van der Waals surface area contributed by atoms with Gasteiger partial charge >= 0.3 is 0 Å². The lowest BCUT2D eigenvalue weighted by atomic mass is 9.90. The van der Waals surface area contributed by atoms with Crippen LogP contribution >= 0.6 is 0 Å². The van der Waals surface area contributed by atoms with E-state index < -0.39 is 0 Å². The Morgan fingerprint density at radius 1 is 1.50 bits per heavy atom. The van der Waals surface area contributed by atoms with Gasteiger partial charge in [0.2, 0.25) is 0 Å². The molecule has 0 radical (unpaired) electrons. The molecule has 0 aromatic heterocycles. The van der Waals surface area contributed by atoms with Gasteiger partial charge in [-0.25, -0.2) is 0 Å². The van der Waals surface area contributed by atoms with Gasteiger partial charge in [0.1, 0.15) is 0 Å². The van der Waals surface area contributed by atoms with Crippen LogP contribution in [-0.4, -0.2) is 26.8 Å². The lowest BCUT2D eigenvalue weighted by molar-refractivity contribution is 0.122. The summed E-state index contributed by atoms with van der Waals surface area (Å²) in [5, 5.41) is 3.40. The van der Waals surface area contributed by atoms with Crippen LogP contribution in [0.3, 0.4) is 0 Å². The van der Waals surface area contributed by atoms with Crippen molar-refractivity contribution in [2.24, 2.45) is 11.8 Å². The molecule has 0 heterocycles. The van der Waals surface area contributed by atoms with Gasteiger partial charge in [0.25, 0.3) is 0 Å². The van der Waals surface area contributed by atoms with E-state index in [1.54, 1.807) is 7.11 Å². The van der Waals surface area contributed by atoms with Gasteiger partial charge < -0.3 is 10.1 Å². The fourth-order valence-electron chi connectivity index (χ4n) is 2.41. The van der Waals surface area contributed by atoms with Gasteiger partial charge in [-0.1, -0.05) is 13.3 Å². The Balaban J connectivity index is 2.38. The van der Waals surface area contributed by atoms with E-state index in [1.165, 1.54) is 19.3 Å². The molecule has 3 atom stereocenters. The van der Waals surface area contributed by atoms with Crippen LogP contribution in [0, 0.1) is 11.8 Å². The molecule has 1 aliphatic carbocycles. The Hall–Kier alpha value is -0.0800. The minimum atomic E-state index is 0.704. The van der Waals surface area contributed by atoms with Crippen LogP contribution in [0.2, 0.25) is 0 Å². The maximum absolute atomic E-state index is 5.18. The normalized spacial score (nSPS) is 32.2. The number of hydrogen-bond donors (Lipinski definition) is 1. The van der Waals surface area contributed by atoms with Gasteiger partial charge in [-0.15, -0.1) is 0 Å². The molecule has 2 heteroatoms. The average molecular weight is 171 g/mol. The van der Waals surface area contributed by atoms with Crippen LogP contribution in [0.5, 0.6) is 0 Å². The summed E-state index contributed by atoms with van der Waals surface area (Å²) in [7, 11) is 3.86. The van der Waals surface area contributed by atoms with Crippen molar-refractivity contribution in [1.29, 1.82) is 0 Å². The average Bonchev–Trinajstić information content (AvgIpc) is 2.51. The Bertz CT molecular complexity index is 127. The van der Waals surface area contributed by atoms with Gasteiger partial charge in [-0.05, 0) is 31.7 Å². The molecule has 0 aromatic rings. The third kappa shape index (κ3) is 2.20. The first-order valence-corrected chi connectivity index (χ1v) is 4.95. The Kier molecular flexibility index (Phi) is 4.02. The van der Waals surface area contributed by atoms with Crippen molar-refractivity contribution in [1.82, 2.24) is 5.32 Å². The van der Waals surface area contributed by atoms with Gasteiger partial charge in [-0.2, -0.15) is 0 Å². The molecular weight excluding hydrogens is 150 g/mol. The highest BCUT2D eigenvalue weighted by atomic mass is 16.5. The van der Waals surface area contributed by atoms with Crippen LogP contribution in [0.15, 0.2) is 0 Å². The Morgan fingerprint density at radius 3 is 2.83 bits per heavy atom. The fraction of sp³-hybridized carbons (Fsp3) is 1.00. The zero-order chi connectivity index (χ0) is 8.97. The molecule has 2 nitrogen and oxygen atoms in total. The van der Waals surface area contributed by atoms with E-state index in [0.29, 0.717) is 5.92 Å². The molecule has 1 saturated carbocycles. The SMILES string of the molecule is CNC1CCCC1C(C)COC. The molecule has 0 bridgehead atoms. The molecule has 1 rings (SSSR count). The third-order valence-electron chi connectivity index (χ3n) is 3.10. The van der Waals surface area contributed by atoms with Crippen molar-refractivity contribution in [3.05, 3.63) is 0 Å². The van der Waals surface area contributed by atoms with Crippen LogP contribution in [0.4, 0.5) is 0 Å². The van der Waals surface area contributed by atoms with E-state index in [4.69, 9.17) is 4.74 Å². The smallest absolute Gasteiger partial charge is 0.0491 e. The van der Waals surface area contributed by atoms with E-state index in [9.17, 15) is 0 Å². The maximum Gasteiger partial charge on any atom is 0.0491 e. The lowest BCUT2D eigenvalue weighted by Crippen LogP contribution is -2.33. The van der Waals surface area contributed by atoms with E-state index in [0.717, 1.165) is 18.6 Å². The number of methoxy groups -OCH3 is 1. The fourth-order valence-corrected chi connectivity index (χ4v) is 2.41. The number of rotatable bonds is 4. The van der Waals surface area contributed by atoms with Crippen molar-refractivity contribution in [2.45, 2.75) is 32.2 Å². The van der Waals surface area contributed by atoms with E-state index in [2.05, 4.69) is 19.3 Å². The first-order chi connectivity index (χ1) is 5.79. The number of ether oxygens (including phenoxy) is 1. The van der Waals surface area contributed by atoms with E-state index in [-0.39, 0.29) is 0 Å². The molecule has 0 spiro atoms. The number of hydrogen-bond acceptors (Lipinski definition) is 2. The summed E-state index contributed by atoms with van der Waals surface area (Å²) in [6.07, 6.45) is 4.09. The second kappa shape index (κ2) is 4.83. The molecule has 1 fully saturated rings. The summed E-state index contributed by atoms with van der Waals surface area (Å²) in [6.45, 7) is 3.20. The summed E-state index contributed by atoms with van der Waals surface area (Å²) >= 11 is 0. The number of nitrogens with one attached hydrogen (secondary N) is 1. The molecule has 12 heavy (non-hydrogen) atoms. The van der Waals surface area contributed by atoms with E-state index >= 15 is 0 Å². The van der Waals surface area contributed by atoms with Crippen molar-refractivity contribution in [3.8, 4) is 0 Å². The van der Waals surface area contributed by atoms with Crippen molar-refractivity contribution < 1.29 is 4.74 Å². The molecule has 0 saturated heterocycles. The zero-order valence-electron chi connectivity index (χ0n) is 8.47. The predicted molar refractivity (Wildman–Crippen MR) is 51.2 cm³/mol. The van der Waals surface area contributed by atoms with Gasteiger partial charge in [-0.3, -0.25) is 0 Å². The summed E-state index contributed by atoms with van der Waals surface area (Å²) < 4.78 is 5.18. The van der Waals surface area contributed by atoms with E-state index in [1.807, 2.05) is 0 Å². The molecule has 0 aromatic carbocycles. The summed E-state index contributed by atoms with van der Waals surface area (Å²) in [6, 6.07) is 0.732. The lowest BCUT2D eigenvalue weighted by Gasteiger charge is -2.24. The molecule has 3 unspecified atom stereocenters. The first-order valence-electron chi connectivity index (χ1n) is 4.95. The highest BCUT2D eigenvalue weighted by Crippen LogP contribution is 2.31. The van der Waals surface area contributed by atoms with Gasteiger partial charge in [0.05, 0.1) is 0 Å². The highest BCUT2D eigenvalue weighted by Gasteiger charge is 2.29. The minimum absolute atomic E-state index is 0.704. The molecule has 1 N–H and O–H groups in total. The summed E-state index contributed by atoms with van der Waals surface area (Å²) in [5.41, 5.74) is 0. The van der Waals surface area contributed by atoms with Crippen LogP contribution < -0.4 is 5.32 Å². The standard InChI is InChI=1S/C10H21NO/c1-8(7-12-3)9-5-4-6-10(9)11-2/h8-11H,4-7H2,1-3H3. The molecule has 0 amide bonds. The minimum Gasteiger partial charge on any atom is -0.384 e. The molecular formula is C10H21NO. The Labute approximate surface area is 75.7 Å². The Morgan fingerprint density at radius 2 is 2.25 bits per heavy atom. The van der Waals surface area contributed by atoms with Crippen LogP contribution in [0.25, 0.3) is 0 Å². The van der Waals surface area contributed by atoms with Crippen molar-refractivity contribution in [3.63, 3.8) is 0 Å². The predicted octanol–water partition coefficient (Wildman–Crippen LogP) is 1.66.